The topological polar surface area (TPSA) is 133 Å². The molecule has 5 N–H and O–H groups in total. The van der Waals surface area contributed by atoms with Gasteiger partial charge in [0.05, 0.1) is 11.1 Å². The number of carbonyl (C=O) groups is 2. The zero-order valence-corrected chi connectivity index (χ0v) is 18.0. The average molecular weight is 429 g/mol. The highest BCUT2D eigenvalue weighted by Crippen LogP contribution is 2.30. The molecule has 0 spiro atoms. The molecule has 31 heavy (non-hydrogen) atoms. The first kappa shape index (κ1) is 22.9. The van der Waals surface area contributed by atoms with Crippen molar-refractivity contribution in [2.45, 2.75) is 50.7 Å². The van der Waals surface area contributed by atoms with Crippen molar-refractivity contribution in [3.63, 3.8) is 0 Å². The zero-order chi connectivity index (χ0) is 22.3. The van der Waals surface area contributed by atoms with E-state index in [1.807, 2.05) is 18.3 Å². The maximum atomic E-state index is 12.6. The number of anilines is 1. The van der Waals surface area contributed by atoms with Crippen LogP contribution in [0.4, 0.5) is 5.69 Å². The summed E-state index contributed by atoms with van der Waals surface area (Å²) in [6, 6.07) is 3.24. The van der Waals surface area contributed by atoms with Crippen LogP contribution in [0.1, 0.15) is 39.0 Å². The van der Waals surface area contributed by atoms with E-state index in [1.54, 1.807) is 12.4 Å². The van der Waals surface area contributed by atoms with Crippen LogP contribution in [0.2, 0.25) is 0 Å². The Labute approximate surface area is 182 Å². The molecule has 1 saturated heterocycles. The van der Waals surface area contributed by atoms with Crippen molar-refractivity contribution in [1.29, 1.82) is 0 Å². The first-order chi connectivity index (χ1) is 14.9. The third kappa shape index (κ3) is 6.11. The third-order valence-electron chi connectivity index (χ3n) is 5.79. The Bertz CT molecular complexity index is 892. The van der Waals surface area contributed by atoms with Crippen LogP contribution in [0.15, 0.2) is 30.7 Å². The molecule has 1 aliphatic heterocycles. The number of unbranched alkanes of at least 4 members (excludes halogenated alkanes) is 1. The first-order valence-corrected chi connectivity index (χ1v) is 10.8. The van der Waals surface area contributed by atoms with Crippen LogP contribution >= 0.6 is 0 Å². The van der Waals surface area contributed by atoms with Gasteiger partial charge in [0, 0.05) is 56.2 Å². The van der Waals surface area contributed by atoms with Gasteiger partial charge in [0.25, 0.3) is 0 Å². The number of aromatic nitrogens is 2. The molecule has 1 fully saturated rings. The summed E-state index contributed by atoms with van der Waals surface area (Å²) in [7, 11) is 0. The fraction of sp³-hybridized carbons (Fsp3) is 0.545. The van der Waals surface area contributed by atoms with E-state index in [-0.39, 0.29) is 18.4 Å². The molecular weight excluding hydrogens is 396 g/mol. The van der Waals surface area contributed by atoms with E-state index < -0.39 is 11.6 Å². The Morgan fingerprint density at radius 1 is 1.26 bits per heavy atom. The summed E-state index contributed by atoms with van der Waals surface area (Å²) >= 11 is 0. The lowest BCUT2D eigenvalue weighted by atomic mass is 9.90. The predicted octanol–water partition coefficient (Wildman–Crippen LogP) is 0.711. The summed E-state index contributed by atoms with van der Waals surface area (Å²) in [5, 5.41) is 17.5. The van der Waals surface area contributed by atoms with Gasteiger partial charge in [-0.2, -0.15) is 0 Å². The summed E-state index contributed by atoms with van der Waals surface area (Å²) in [6.07, 6.45) is 8.44. The van der Waals surface area contributed by atoms with Crippen molar-refractivity contribution in [2.75, 3.05) is 31.1 Å². The molecule has 0 radical (unpaired) electrons. The molecule has 9 heteroatoms. The van der Waals surface area contributed by atoms with Gasteiger partial charge >= 0.3 is 0 Å². The Morgan fingerprint density at radius 3 is 2.74 bits per heavy atom. The molecular formula is C22H32N6O3. The molecule has 0 aliphatic carbocycles. The van der Waals surface area contributed by atoms with Crippen molar-refractivity contribution in [1.82, 2.24) is 20.6 Å². The first-order valence-electron chi connectivity index (χ1n) is 10.8. The lowest BCUT2D eigenvalue weighted by Crippen LogP contribution is -2.54. The van der Waals surface area contributed by atoms with Crippen LogP contribution in [0.25, 0.3) is 10.9 Å². The normalized spacial score (nSPS) is 16.7. The standard InChI is InChI=1S/C22H32N6O3/c1-16(29)27-19(4-2-3-9-23)21(30)26-15-22(31)7-12-28(13-8-22)20-6-11-25-18-5-10-24-14-17(18)20/h5-6,10-11,14,19,31H,2-4,7-9,12-13,15,23H2,1H3,(H,26,30)(H,27,29)/t19-/m0/s1. The molecule has 1 atom stereocenters. The number of nitrogens with two attached hydrogens (primary N) is 1. The molecule has 9 nitrogen and oxygen atoms in total. The second-order valence-corrected chi connectivity index (χ2v) is 8.19. The van der Waals surface area contributed by atoms with Crippen LogP contribution < -0.4 is 21.3 Å². The van der Waals surface area contributed by atoms with Crippen LogP contribution in [-0.2, 0) is 9.59 Å². The lowest BCUT2D eigenvalue weighted by Gasteiger charge is -2.39. The van der Waals surface area contributed by atoms with Crippen LogP contribution in [-0.4, -0.2) is 64.7 Å². The van der Waals surface area contributed by atoms with Gasteiger partial charge in [0.15, 0.2) is 0 Å². The van der Waals surface area contributed by atoms with Gasteiger partial charge in [0.1, 0.15) is 6.04 Å². The largest absolute Gasteiger partial charge is 0.388 e. The molecule has 2 amide bonds. The summed E-state index contributed by atoms with van der Waals surface area (Å²) in [5.74, 6) is -0.520. The number of hydrogen-bond donors (Lipinski definition) is 4. The minimum atomic E-state index is -0.981. The smallest absolute Gasteiger partial charge is 0.242 e. The Hall–Kier alpha value is -2.78. The minimum absolute atomic E-state index is 0.158. The highest BCUT2D eigenvalue weighted by Gasteiger charge is 2.34. The van der Waals surface area contributed by atoms with Crippen molar-refractivity contribution in [2.24, 2.45) is 5.73 Å². The van der Waals surface area contributed by atoms with E-state index in [9.17, 15) is 14.7 Å². The summed E-state index contributed by atoms with van der Waals surface area (Å²) in [4.78, 5) is 34.8. The number of fused-ring (bicyclic) bond motifs is 1. The second-order valence-electron chi connectivity index (χ2n) is 8.19. The van der Waals surface area contributed by atoms with E-state index in [0.29, 0.717) is 38.9 Å². The molecule has 0 unspecified atom stereocenters. The summed E-state index contributed by atoms with van der Waals surface area (Å²) < 4.78 is 0. The highest BCUT2D eigenvalue weighted by atomic mass is 16.3. The Balaban J connectivity index is 1.56. The van der Waals surface area contributed by atoms with Crippen molar-refractivity contribution in [3.8, 4) is 0 Å². The number of aliphatic hydroxyl groups is 1. The molecule has 0 saturated carbocycles. The van der Waals surface area contributed by atoms with Gasteiger partial charge < -0.3 is 26.4 Å². The van der Waals surface area contributed by atoms with Gasteiger partial charge in [-0.15, -0.1) is 0 Å². The van der Waals surface area contributed by atoms with E-state index in [1.165, 1.54) is 6.92 Å². The van der Waals surface area contributed by atoms with Gasteiger partial charge in [0.2, 0.25) is 11.8 Å². The van der Waals surface area contributed by atoms with Crippen LogP contribution in [0, 0.1) is 0 Å². The number of carbonyl (C=O) groups excluding carboxylic acids is 2. The number of nitrogens with zero attached hydrogens (tertiary/aromatic N) is 3. The fourth-order valence-electron chi connectivity index (χ4n) is 3.97. The molecule has 3 rings (SSSR count). The third-order valence-corrected chi connectivity index (χ3v) is 5.79. The quantitative estimate of drug-likeness (QED) is 0.432. The van der Waals surface area contributed by atoms with Gasteiger partial charge in [-0.25, -0.2) is 0 Å². The molecule has 1 aliphatic rings. The van der Waals surface area contributed by atoms with Crippen LogP contribution in [0.5, 0.6) is 0 Å². The van der Waals surface area contributed by atoms with Crippen molar-refractivity contribution < 1.29 is 14.7 Å². The number of hydrogen-bond acceptors (Lipinski definition) is 7. The fourth-order valence-corrected chi connectivity index (χ4v) is 3.97. The summed E-state index contributed by atoms with van der Waals surface area (Å²) in [6.45, 7) is 3.42. The van der Waals surface area contributed by atoms with Crippen LogP contribution in [0.3, 0.4) is 0 Å². The van der Waals surface area contributed by atoms with E-state index in [2.05, 4.69) is 25.5 Å². The molecule has 3 heterocycles. The number of nitrogens with one attached hydrogen (secondary N) is 2. The molecule has 0 bridgehead atoms. The van der Waals surface area contributed by atoms with Crippen molar-refractivity contribution >= 4 is 28.4 Å². The van der Waals surface area contributed by atoms with E-state index in [4.69, 9.17) is 5.73 Å². The van der Waals surface area contributed by atoms with E-state index in [0.717, 1.165) is 29.4 Å². The molecule has 168 valence electrons. The Morgan fingerprint density at radius 2 is 2.03 bits per heavy atom. The molecule has 2 aromatic heterocycles. The zero-order valence-electron chi connectivity index (χ0n) is 18.0. The highest BCUT2D eigenvalue weighted by molar-refractivity contribution is 5.90. The minimum Gasteiger partial charge on any atom is -0.388 e. The molecule has 2 aromatic rings. The maximum absolute atomic E-state index is 12.6. The summed E-state index contributed by atoms with van der Waals surface area (Å²) in [5.41, 5.74) is 6.48. The molecule has 0 aromatic carbocycles. The average Bonchev–Trinajstić information content (AvgIpc) is 2.77. The van der Waals surface area contributed by atoms with Gasteiger partial charge in [-0.3, -0.25) is 19.6 Å². The van der Waals surface area contributed by atoms with Gasteiger partial charge in [-0.1, -0.05) is 0 Å². The number of piperidine rings is 1. The van der Waals surface area contributed by atoms with Gasteiger partial charge in [-0.05, 0) is 50.8 Å². The van der Waals surface area contributed by atoms with E-state index >= 15 is 0 Å². The number of amides is 2. The predicted molar refractivity (Wildman–Crippen MR) is 119 cm³/mol. The van der Waals surface area contributed by atoms with Crippen molar-refractivity contribution in [3.05, 3.63) is 30.7 Å². The Kier molecular flexibility index (Phi) is 7.75. The maximum Gasteiger partial charge on any atom is 0.242 e. The lowest BCUT2D eigenvalue weighted by molar-refractivity contribution is -0.129. The number of pyridine rings is 2. The second kappa shape index (κ2) is 10.5. The SMILES string of the molecule is CC(=O)N[C@@H](CCCCN)C(=O)NCC1(O)CCN(c2ccnc3ccncc23)CC1. The number of rotatable bonds is 9. The monoisotopic (exact) mass is 428 g/mol.